The number of piperidine rings is 2. The van der Waals surface area contributed by atoms with E-state index < -0.39 is 0 Å². The van der Waals surface area contributed by atoms with Crippen LogP contribution in [0, 0.1) is 0 Å². The zero-order chi connectivity index (χ0) is 16.9. The van der Waals surface area contributed by atoms with Gasteiger partial charge in [0.25, 0.3) is 0 Å². The van der Waals surface area contributed by atoms with Gasteiger partial charge < -0.3 is 15.4 Å². The predicted molar refractivity (Wildman–Crippen MR) is 104 cm³/mol. The highest BCUT2D eigenvalue weighted by Crippen LogP contribution is 2.33. The first-order chi connectivity index (χ1) is 11.7. The van der Waals surface area contributed by atoms with E-state index in [-0.39, 0.29) is 0 Å². The Morgan fingerprint density at radius 3 is 2.79 bits per heavy atom. The van der Waals surface area contributed by atoms with Crippen molar-refractivity contribution in [3.63, 3.8) is 0 Å². The molecule has 0 radical (unpaired) electrons. The standard InChI is InChI=1S/C19H27N3OS/c1-3-10-22-16-7-5-8-17(22)12-15(11-16)21-19(24)20-14-6-4-9-18(13-14)23-2/h3-4,6,9,13,15-17H,1,5,7-8,10-12H2,2H3,(H2,20,21,24)/t16-,17-/m1/s1. The minimum Gasteiger partial charge on any atom is -0.497 e. The fraction of sp³-hybridized carbons (Fsp3) is 0.526. The van der Waals surface area contributed by atoms with Gasteiger partial charge in [0.15, 0.2) is 5.11 Å². The van der Waals surface area contributed by atoms with Gasteiger partial charge in [-0.25, -0.2) is 0 Å². The normalized spacial score (nSPS) is 26.5. The maximum atomic E-state index is 5.52. The lowest BCUT2D eigenvalue weighted by molar-refractivity contribution is 0.0389. The molecule has 130 valence electrons. The highest BCUT2D eigenvalue weighted by Gasteiger charge is 2.37. The van der Waals surface area contributed by atoms with Crippen LogP contribution in [0.3, 0.4) is 0 Å². The number of nitrogens with zero attached hydrogens (tertiary/aromatic N) is 1. The number of hydrogen-bond donors (Lipinski definition) is 2. The van der Waals surface area contributed by atoms with E-state index in [1.54, 1.807) is 7.11 Å². The molecule has 24 heavy (non-hydrogen) atoms. The van der Waals surface area contributed by atoms with Gasteiger partial charge in [0.05, 0.1) is 7.11 Å². The number of nitrogens with one attached hydrogen (secondary N) is 2. The van der Waals surface area contributed by atoms with Gasteiger partial charge in [0.2, 0.25) is 0 Å². The van der Waals surface area contributed by atoms with Crippen LogP contribution in [-0.2, 0) is 0 Å². The van der Waals surface area contributed by atoms with E-state index in [1.165, 1.54) is 19.3 Å². The molecule has 0 unspecified atom stereocenters. The van der Waals surface area contributed by atoms with Crippen LogP contribution in [-0.4, -0.2) is 41.8 Å². The van der Waals surface area contributed by atoms with Crippen LogP contribution in [0.5, 0.6) is 5.75 Å². The van der Waals surface area contributed by atoms with Crippen LogP contribution in [0.4, 0.5) is 5.69 Å². The van der Waals surface area contributed by atoms with Crippen LogP contribution in [0.15, 0.2) is 36.9 Å². The van der Waals surface area contributed by atoms with Gasteiger partial charge in [-0.3, -0.25) is 4.90 Å². The molecule has 2 N–H and O–H groups in total. The quantitative estimate of drug-likeness (QED) is 0.630. The monoisotopic (exact) mass is 345 g/mol. The summed E-state index contributed by atoms with van der Waals surface area (Å²) in [5.41, 5.74) is 0.955. The van der Waals surface area contributed by atoms with E-state index in [0.29, 0.717) is 23.2 Å². The molecule has 2 aliphatic rings. The zero-order valence-electron chi connectivity index (χ0n) is 14.3. The number of thiocarbonyl (C=S) groups is 1. The number of fused-ring (bicyclic) bond motifs is 2. The van der Waals surface area contributed by atoms with Crippen LogP contribution >= 0.6 is 12.2 Å². The Morgan fingerprint density at radius 1 is 1.38 bits per heavy atom. The molecule has 2 atom stereocenters. The Balaban J connectivity index is 1.56. The second-order valence-corrected chi connectivity index (χ2v) is 7.13. The molecule has 0 aromatic heterocycles. The topological polar surface area (TPSA) is 36.5 Å². The Labute approximate surface area is 150 Å². The first-order valence-electron chi connectivity index (χ1n) is 8.78. The summed E-state index contributed by atoms with van der Waals surface area (Å²) in [4.78, 5) is 2.63. The lowest BCUT2D eigenvalue weighted by Gasteiger charge is -2.48. The fourth-order valence-electron chi connectivity index (χ4n) is 4.10. The largest absolute Gasteiger partial charge is 0.497 e. The highest BCUT2D eigenvalue weighted by atomic mass is 32.1. The maximum Gasteiger partial charge on any atom is 0.170 e. The van der Waals surface area contributed by atoms with Crippen molar-refractivity contribution in [2.24, 2.45) is 0 Å². The summed E-state index contributed by atoms with van der Waals surface area (Å²) in [6.45, 7) is 4.92. The Kier molecular flexibility index (Phi) is 5.74. The molecule has 0 amide bonds. The molecular weight excluding hydrogens is 318 g/mol. The molecule has 3 rings (SSSR count). The molecule has 1 aromatic carbocycles. The number of methoxy groups -OCH3 is 1. The van der Waals surface area contributed by atoms with Crippen LogP contribution in [0.25, 0.3) is 0 Å². The lowest BCUT2D eigenvalue weighted by Crippen LogP contribution is -2.57. The van der Waals surface area contributed by atoms with Crippen molar-refractivity contribution in [3.05, 3.63) is 36.9 Å². The Bertz CT molecular complexity index is 578. The number of benzene rings is 1. The summed E-state index contributed by atoms with van der Waals surface area (Å²) in [5, 5.41) is 7.50. The van der Waals surface area contributed by atoms with Gasteiger partial charge in [-0.05, 0) is 50.0 Å². The van der Waals surface area contributed by atoms with Crippen molar-refractivity contribution in [3.8, 4) is 5.75 Å². The fourth-order valence-corrected chi connectivity index (χ4v) is 4.38. The summed E-state index contributed by atoms with van der Waals surface area (Å²) in [5.74, 6) is 0.829. The molecule has 5 heteroatoms. The number of ether oxygens (including phenoxy) is 1. The average molecular weight is 346 g/mol. The summed E-state index contributed by atoms with van der Waals surface area (Å²) < 4.78 is 5.25. The molecule has 0 spiro atoms. The third-order valence-electron chi connectivity index (χ3n) is 5.13. The van der Waals surface area contributed by atoms with E-state index in [2.05, 4.69) is 22.1 Å². The SMILES string of the molecule is C=CCN1[C@@H]2CCC[C@@H]1CC(NC(=S)Nc1cccc(OC)c1)C2. The molecule has 2 aliphatic heterocycles. The van der Waals surface area contributed by atoms with Crippen molar-refractivity contribution in [2.75, 3.05) is 19.0 Å². The number of anilines is 1. The molecule has 2 heterocycles. The predicted octanol–water partition coefficient (Wildman–Crippen LogP) is 3.55. The number of rotatable bonds is 5. The van der Waals surface area contributed by atoms with Crippen molar-refractivity contribution in [1.82, 2.24) is 10.2 Å². The summed E-state index contributed by atoms with van der Waals surface area (Å²) in [6, 6.07) is 9.61. The van der Waals surface area contributed by atoms with Gasteiger partial charge in [-0.1, -0.05) is 18.6 Å². The van der Waals surface area contributed by atoms with Gasteiger partial charge in [0.1, 0.15) is 5.75 Å². The zero-order valence-corrected chi connectivity index (χ0v) is 15.1. The average Bonchev–Trinajstić information content (AvgIpc) is 2.56. The molecular formula is C19H27N3OS. The van der Waals surface area contributed by atoms with E-state index in [9.17, 15) is 0 Å². The number of hydrogen-bond acceptors (Lipinski definition) is 3. The summed E-state index contributed by atoms with van der Waals surface area (Å²) in [7, 11) is 1.67. The van der Waals surface area contributed by atoms with E-state index in [0.717, 1.165) is 30.8 Å². The minimum absolute atomic E-state index is 0.451. The lowest BCUT2D eigenvalue weighted by atomic mass is 9.82. The molecule has 1 aromatic rings. The van der Waals surface area contributed by atoms with Gasteiger partial charge in [-0.2, -0.15) is 0 Å². The summed E-state index contributed by atoms with van der Waals surface area (Å²) >= 11 is 5.52. The maximum absolute atomic E-state index is 5.52. The smallest absolute Gasteiger partial charge is 0.170 e. The first-order valence-corrected chi connectivity index (χ1v) is 9.18. The van der Waals surface area contributed by atoms with Crippen LogP contribution in [0.2, 0.25) is 0 Å². The summed E-state index contributed by atoms with van der Waals surface area (Å²) in [6.07, 6.45) is 8.28. The van der Waals surface area contributed by atoms with Crippen LogP contribution < -0.4 is 15.4 Å². The molecule has 2 saturated heterocycles. The van der Waals surface area contributed by atoms with Crippen molar-refractivity contribution in [2.45, 2.75) is 50.2 Å². The first kappa shape index (κ1) is 17.2. The minimum atomic E-state index is 0.451. The van der Waals surface area contributed by atoms with E-state index in [4.69, 9.17) is 17.0 Å². The Morgan fingerprint density at radius 2 is 2.12 bits per heavy atom. The second kappa shape index (κ2) is 7.99. The highest BCUT2D eigenvalue weighted by molar-refractivity contribution is 7.80. The van der Waals surface area contributed by atoms with Crippen molar-refractivity contribution in [1.29, 1.82) is 0 Å². The van der Waals surface area contributed by atoms with Gasteiger partial charge >= 0.3 is 0 Å². The van der Waals surface area contributed by atoms with E-state index >= 15 is 0 Å². The van der Waals surface area contributed by atoms with Crippen LogP contribution in [0.1, 0.15) is 32.1 Å². The third kappa shape index (κ3) is 4.08. The molecule has 4 nitrogen and oxygen atoms in total. The van der Waals surface area contributed by atoms with Gasteiger partial charge in [-0.15, -0.1) is 6.58 Å². The molecule has 2 bridgehead atoms. The second-order valence-electron chi connectivity index (χ2n) is 6.72. The van der Waals surface area contributed by atoms with Crippen molar-refractivity contribution < 1.29 is 4.74 Å². The van der Waals surface area contributed by atoms with Gasteiger partial charge in [0, 0.05) is 36.4 Å². The third-order valence-corrected chi connectivity index (χ3v) is 5.35. The van der Waals surface area contributed by atoms with Crippen molar-refractivity contribution >= 4 is 23.0 Å². The Hall–Kier alpha value is -1.59. The molecule has 0 saturated carbocycles. The van der Waals surface area contributed by atoms with E-state index in [1.807, 2.05) is 30.3 Å². The molecule has 2 fully saturated rings. The molecule has 0 aliphatic carbocycles.